The average Bonchev–Trinajstić information content (AvgIpc) is 3.71. The van der Waals surface area contributed by atoms with Gasteiger partial charge in [0.2, 0.25) is 5.91 Å². The van der Waals surface area contributed by atoms with E-state index in [1.165, 1.54) is 32.3 Å². The Morgan fingerprint density at radius 3 is 2.40 bits per heavy atom. The van der Waals surface area contributed by atoms with E-state index in [-0.39, 0.29) is 46.2 Å². The molecule has 5 heterocycles. The van der Waals surface area contributed by atoms with E-state index in [0.29, 0.717) is 40.8 Å². The van der Waals surface area contributed by atoms with Crippen LogP contribution in [0.2, 0.25) is 0 Å². The van der Waals surface area contributed by atoms with Gasteiger partial charge >= 0.3 is 0 Å². The van der Waals surface area contributed by atoms with Gasteiger partial charge in [-0.3, -0.25) is 19.5 Å². The highest BCUT2D eigenvalue weighted by Crippen LogP contribution is 2.50. The minimum Gasteiger partial charge on any atom is -0.344 e. The van der Waals surface area contributed by atoms with Crippen molar-refractivity contribution in [2.24, 2.45) is 0 Å². The van der Waals surface area contributed by atoms with E-state index in [2.05, 4.69) is 27.4 Å². The predicted molar refractivity (Wildman–Crippen MR) is 198 cm³/mol. The Morgan fingerprint density at radius 1 is 1.02 bits per heavy atom. The van der Waals surface area contributed by atoms with E-state index in [0.717, 1.165) is 31.6 Å². The van der Waals surface area contributed by atoms with Crippen molar-refractivity contribution in [2.45, 2.75) is 115 Å². The number of alkyl halides is 1. The smallest absolute Gasteiger partial charge is 0.252 e. The molecule has 1 aromatic carbocycles. The number of fused-ring (bicyclic) bond motifs is 2. The normalized spacial score (nSPS) is 23.3. The molecule has 4 aromatic rings. The summed E-state index contributed by atoms with van der Waals surface area (Å²) in [5.41, 5.74) is 1.43. The van der Waals surface area contributed by atoms with Crippen molar-refractivity contribution in [3.63, 3.8) is 0 Å². The summed E-state index contributed by atoms with van der Waals surface area (Å²) < 4.78 is 46.6. The Morgan fingerprint density at radius 2 is 1.74 bits per heavy atom. The number of likely N-dealkylation sites (tertiary alicyclic amines) is 1. The minimum atomic E-state index is -1.18. The molecule has 2 N–H and O–H groups in total. The van der Waals surface area contributed by atoms with Crippen LogP contribution in [0.15, 0.2) is 30.7 Å². The SMILES string of the molecule is Cc1c(C(=O)NC2(CF)CC2)cc(Nc2nc(-c3cnc4c(c3)N([C@H]3C[C@@](C)(N5CCCCC5)C3)C(=O)C4(C)C)cc3ncn(C(C)C)c23)c(F)c1F. The van der Waals surface area contributed by atoms with Gasteiger partial charge in [0.15, 0.2) is 17.5 Å². The lowest BCUT2D eigenvalue weighted by Gasteiger charge is -2.55. The van der Waals surface area contributed by atoms with Crippen LogP contribution < -0.4 is 15.5 Å². The number of amides is 2. The van der Waals surface area contributed by atoms with E-state index in [9.17, 15) is 14.0 Å². The van der Waals surface area contributed by atoms with Gasteiger partial charge in [-0.05, 0) is 111 Å². The fourth-order valence-corrected chi connectivity index (χ4v) is 8.57. The second-order valence-corrected chi connectivity index (χ2v) is 16.7. The Labute approximate surface area is 307 Å². The number of anilines is 3. The fraction of sp³-hybridized carbons (Fsp3) is 0.525. The van der Waals surface area contributed by atoms with E-state index < -0.39 is 35.2 Å². The lowest BCUT2D eigenvalue weighted by atomic mass is 9.71. The maximum absolute atomic E-state index is 15.7. The second-order valence-electron chi connectivity index (χ2n) is 16.7. The molecule has 1 saturated heterocycles. The molecule has 0 atom stereocenters. The van der Waals surface area contributed by atoms with Crippen LogP contribution in [0.1, 0.15) is 107 Å². The van der Waals surface area contributed by atoms with Crippen molar-refractivity contribution in [3.05, 3.63) is 59.2 Å². The van der Waals surface area contributed by atoms with Gasteiger partial charge in [-0.2, -0.15) is 0 Å². The van der Waals surface area contributed by atoms with Crippen LogP contribution in [0.4, 0.5) is 30.4 Å². The Balaban J connectivity index is 1.17. The first-order valence-electron chi connectivity index (χ1n) is 18.8. The number of imidazole rings is 1. The number of carbonyl (C=O) groups excluding carboxylic acids is 2. The molecule has 3 aromatic heterocycles. The highest BCUT2D eigenvalue weighted by Gasteiger charge is 2.55. The topological polar surface area (TPSA) is 108 Å². The Bertz CT molecular complexity index is 2150. The third kappa shape index (κ3) is 5.77. The lowest BCUT2D eigenvalue weighted by Crippen LogP contribution is -2.64. The summed E-state index contributed by atoms with van der Waals surface area (Å²) in [7, 11) is 0. The van der Waals surface area contributed by atoms with E-state index in [1.807, 2.05) is 49.3 Å². The van der Waals surface area contributed by atoms with Crippen LogP contribution in [0, 0.1) is 18.6 Å². The zero-order valence-corrected chi connectivity index (χ0v) is 31.2. The summed E-state index contributed by atoms with van der Waals surface area (Å²) in [5.74, 6) is -2.80. The fourth-order valence-electron chi connectivity index (χ4n) is 8.57. The molecule has 2 aliphatic heterocycles. The van der Waals surface area contributed by atoms with Crippen molar-refractivity contribution in [2.75, 3.05) is 30.0 Å². The number of pyridine rings is 2. The number of benzene rings is 1. The quantitative estimate of drug-likeness (QED) is 0.182. The van der Waals surface area contributed by atoms with Crippen molar-refractivity contribution >= 4 is 40.0 Å². The van der Waals surface area contributed by atoms with Crippen molar-refractivity contribution in [1.82, 2.24) is 29.7 Å². The molecule has 3 fully saturated rings. The third-order valence-corrected chi connectivity index (χ3v) is 12.1. The maximum atomic E-state index is 15.7. The molecule has 13 heteroatoms. The van der Waals surface area contributed by atoms with Crippen LogP contribution >= 0.6 is 0 Å². The van der Waals surface area contributed by atoms with Crippen LogP contribution in [0.3, 0.4) is 0 Å². The van der Waals surface area contributed by atoms with Crippen molar-refractivity contribution in [1.29, 1.82) is 0 Å². The van der Waals surface area contributed by atoms with Crippen molar-refractivity contribution in [3.8, 4) is 11.3 Å². The lowest BCUT2D eigenvalue weighted by molar-refractivity contribution is -0.123. The summed E-state index contributed by atoms with van der Waals surface area (Å²) in [4.78, 5) is 46.2. The van der Waals surface area contributed by atoms with Gasteiger partial charge in [-0.25, -0.2) is 23.1 Å². The third-order valence-electron chi connectivity index (χ3n) is 12.1. The number of piperidine rings is 1. The molecular formula is C40H47F3N8O2. The highest BCUT2D eigenvalue weighted by molar-refractivity contribution is 6.08. The molecule has 0 radical (unpaired) electrons. The van der Waals surface area contributed by atoms with Gasteiger partial charge in [0.25, 0.3) is 5.91 Å². The molecule has 2 saturated carbocycles. The number of carbonyl (C=O) groups is 2. The predicted octanol–water partition coefficient (Wildman–Crippen LogP) is 7.67. The molecule has 10 nitrogen and oxygen atoms in total. The van der Waals surface area contributed by atoms with Crippen LogP contribution in [-0.2, 0) is 10.2 Å². The average molecular weight is 729 g/mol. The molecule has 0 bridgehead atoms. The van der Waals surface area contributed by atoms with Gasteiger partial charge < -0.3 is 20.1 Å². The first-order valence-corrected chi connectivity index (χ1v) is 18.8. The summed E-state index contributed by atoms with van der Waals surface area (Å²) >= 11 is 0. The number of hydrogen-bond acceptors (Lipinski definition) is 7. The molecule has 53 heavy (non-hydrogen) atoms. The van der Waals surface area contributed by atoms with Gasteiger partial charge in [0.1, 0.15) is 12.2 Å². The molecular weight excluding hydrogens is 681 g/mol. The molecule has 2 aliphatic carbocycles. The van der Waals surface area contributed by atoms with Gasteiger partial charge in [-0.15, -0.1) is 0 Å². The molecule has 0 spiro atoms. The van der Waals surface area contributed by atoms with E-state index >= 15 is 8.78 Å². The highest BCUT2D eigenvalue weighted by atomic mass is 19.2. The number of hydrogen-bond donors (Lipinski definition) is 2. The minimum absolute atomic E-state index is 0.0279. The molecule has 4 aliphatic rings. The van der Waals surface area contributed by atoms with Gasteiger partial charge in [0, 0.05) is 40.5 Å². The number of nitrogens with one attached hydrogen (secondary N) is 2. The largest absolute Gasteiger partial charge is 0.344 e. The summed E-state index contributed by atoms with van der Waals surface area (Å²) in [5, 5.41) is 5.65. The van der Waals surface area contributed by atoms with E-state index in [1.54, 1.807) is 12.5 Å². The number of aromatic nitrogens is 4. The zero-order valence-electron chi connectivity index (χ0n) is 31.2. The second kappa shape index (κ2) is 12.5. The Hall–Kier alpha value is -4.52. The van der Waals surface area contributed by atoms with E-state index in [4.69, 9.17) is 9.97 Å². The molecule has 280 valence electrons. The first-order chi connectivity index (χ1) is 25.2. The van der Waals surface area contributed by atoms with Crippen molar-refractivity contribution < 1.29 is 22.8 Å². The van der Waals surface area contributed by atoms with Gasteiger partial charge in [-0.1, -0.05) is 6.42 Å². The first kappa shape index (κ1) is 35.5. The Kier molecular flexibility index (Phi) is 8.39. The zero-order chi connectivity index (χ0) is 37.6. The summed E-state index contributed by atoms with van der Waals surface area (Å²) in [6.45, 7) is 12.9. The summed E-state index contributed by atoms with van der Waals surface area (Å²) in [6.07, 6.45) is 9.78. The number of nitrogens with zero attached hydrogens (tertiary/aromatic N) is 6. The maximum Gasteiger partial charge on any atom is 0.252 e. The van der Waals surface area contributed by atoms with Crippen LogP contribution in [0.5, 0.6) is 0 Å². The number of rotatable bonds is 9. The van der Waals surface area contributed by atoms with Crippen LogP contribution in [-0.4, -0.2) is 73.1 Å². The van der Waals surface area contributed by atoms with Gasteiger partial charge in [0.05, 0.1) is 45.6 Å². The molecule has 0 unspecified atom stereocenters. The molecule has 2 amide bonds. The molecule has 8 rings (SSSR count). The number of halogens is 3. The standard InChI is InChI=1S/C40H47F3N8O2/c1-22(2)50-21-45-29-16-27(46-35(33(29)50)47-28-15-26(23(3)31(42)32(28)43)36(52)48-40(20-41)10-11-40)24-14-30-34(44-19-24)38(4,5)37(53)51(30)25-17-39(6,18-25)49-12-8-7-9-13-49/h14-16,19,21-22,25H,7-13,17-18,20H2,1-6H3,(H,46,47)(H,48,52)/t25-,39+. The summed E-state index contributed by atoms with van der Waals surface area (Å²) in [6, 6.07) is 5.02. The van der Waals surface area contributed by atoms with Crippen LogP contribution in [0.25, 0.3) is 22.3 Å². The monoisotopic (exact) mass is 728 g/mol.